The third kappa shape index (κ3) is 5.32. The molecule has 0 radical (unpaired) electrons. The van der Waals surface area contributed by atoms with Crippen LogP contribution in [0.3, 0.4) is 0 Å². The second kappa shape index (κ2) is 7.81. The van der Waals surface area contributed by atoms with E-state index in [-0.39, 0.29) is 12.1 Å². The van der Waals surface area contributed by atoms with Crippen molar-refractivity contribution in [3.05, 3.63) is 24.2 Å². The number of furan rings is 1. The number of hydrogen-bond donors (Lipinski definition) is 2. The van der Waals surface area contributed by atoms with E-state index in [2.05, 4.69) is 10.3 Å². The number of nitrogens with one attached hydrogen (secondary N) is 1. The molecule has 0 aliphatic rings. The summed E-state index contributed by atoms with van der Waals surface area (Å²) in [7, 11) is 5.63. The van der Waals surface area contributed by atoms with E-state index in [1.165, 1.54) is 0 Å². The molecule has 0 amide bonds. The summed E-state index contributed by atoms with van der Waals surface area (Å²) >= 11 is 0. The van der Waals surface area contributed by atoms with Crippen LogP contribution in [0, 0.1) is 0 Å². The molecule has 0 aliphatic carbocycles. The highest BCUT2D eigenvalue weighted by Gasteiger charge is 2.16. The minimum absolute atomic E-state index is 0.0769. The number of methoxy groups -OCH3 is 1. The molecule has 108 valence electrons. The predicted octanol–water partition coefficient (Wildman–Crippen LogP) is 0.822. The lowest BCUT2D eigenvalue weighted by Gasteiger charge is -2.21. The van der Waals surface area contributed by atoms with Gasteiger partial charge in [-0.25, -0.2) is 0 Å². The van der Waals surface area contributed by atoms with Crippen LogP contribution in [0.1, 0.15) is 18.7 Å². The second-order valence-electron chi connectivity index (χ2n) is 4.72. The van der Waals surface area contributed by atoms with Gasteiger partial charge in [0.05, 0.1) is 25.5 Å². The van der Waals surface area contributed by atoms with E-state index in [9.17, 15) is 0 Å². The third-order valence-corrected chi connectivity index (χ3v) is 2.74. The van der Waals surface area contributed by atoms with Crippen molar-refractivity contribution in [2.45, 2.75) is 19.0 Å². The molecule has 0 bridgehead atoms. The number of ether oxygens (including phenoxy) is 1. The van der Waals surface area contributed by atoms with Crippen LogP contribution in [0.15, 0.2) is 27.8 Å². The topological polar surface area (TPSA) is 76.0 Å². The molecule has 1 aromatic heterocycles. The molecule has 6 heteroatoms. The molecule has 1 rings (SSSR count). The van der Waals surface area contributed by atoms with Crippen molar-refractivity contribution in [3.8, 4) is 0 Å². The van der Waals surface area contributed by atoms with Crippen LogP contribution in [0.2, 0.25) is 0 Å². The lowest BCUT2D eigenvalue weighted by Crippen LogP contribution is -2.41. The Hall–Kier alpha value is -1.53. The first kappa shape index (κ1) is 15.5. The number of guanidine groups is 1. The standard InChI is InChI=1S/C13H24N4O2/c1-10(9-18-4)16-13(14)15-8-11(17(2)3)12-6-5-7-19-12/h5-7,10-11H,8-9H2,1-4H3,(H3,14,15,16). The number of aliphatic imine (C=N–C) groups is 1. The maximum absolute atomic E-state index is 5.84. The summed E-state index contributed by atoms with van der Waals surface area (Å²) in [5.74, 6) is 1.30. The minimum atomic E-state index is 0.0769. The zero-order chi connectivity index (χ0) is 14.3. The summed E-state index contributed by atoms with van der Waals surface area (Å²) in [6.07, 6.45) is 1.66. The van der Waals surface area contributed by atoms with Gasteiger partial charge >= 0.3 is 0 Å². The van der Waals surface area contributed by atoms with E-state index in [4.69, 9.17) is 14.9 Å². The highest BCUT2D eigenvalue weighted by Crippen LogP contribution is 2.18. The Balaban J connectivity index is 2.56. The maximum atomic E-state index is 5.84. The lowest BCUT2D eigenvalue weighted by molar-refractivity contribution is 0.179. The third-order valence-electron chi connectivity index (χ3n) is 2.74. The Morgan fingerprint density at radius 2 is 2.32 bits per heavy atom. The Kier molecular flexibility index (Phi) is 6.38. The van der Waals surface area contributed by atoms with Gasteiger partial charge in [-0.1, -0.05) is 0 Å². The Morgan fingerprint density at radius 1 is 1.58 bits per heavy atom. The van der Waals surface area contributed by atoms with Crippen molar-refractivity contribution in [2.75, 3.05) is 34.4 Å². The van der Waals surface area contributed by atoms with E-state index < -0.39 is 0 Å². The highest BCUT2D eigenvalue weighted by molar-refractivity contribution is 5.78. The van der Waals surface area contributed by atoms with Gasteiger partial charge in [0.15, 0.2) is 5.96 Å². The fourth-order valence-corrected chi connectivity index (χ4v) is 1.76. The van der Waals surface area contributed by atoms with Crippen LogP contribution in [-0.2, 0) is 4.74 Å². The Bertz CT molecular complexity index is 376. The molecule has 1 heterocycles. The highest BCUT2D eigenvalue weighted by atomic mass is 16.5. The monoisotopic (exact) mass is 268 g/mol. The van der Waals surface area contributed by atoms with Gasteiger partial charge < -0.3 is 20.2 Å². The number of nitrogens with zero attached hydrogens (tertiary/aromatic N) is 2. The van der Waals surface area contributed by atoms with E-state index in [1.54, 1.807) is 13.4 Å². The number of rotatable bonds is 7. The summed E-state index contributed by atoms with van der Waals surface area (Å²) in [5, 5.41) is 3.07. The van der Waals surface area contributed by atoms with E-state index >= 15 is 0 Å². The molecule has 0 spiro atoms. The molecule has 2 atom stereocenters. The Labute approximate surface area is 114 Å². The van der Waals surface area contributed by atoms with Crippen molar-refractivity contribution in [1.29, 1.82) is 0 Å². The van der Waals surface area contributed by atoms with Crippen LogP contribution in [0.4, 0.5) is 0 Å². The number of likely N-dealkylation sites (N-methyl/N-ethyl adjacent to an activating group) is 1. The smallest absolute Gasteiger partial charge is 0.188 e. The van der Waals surface area contributed by atoms with Gasteiger partial charge in [-0.15, -0.1) is 0 Å². The average molecular weight is 268 g/mol. The lowest BCUT2D eigenvalue weighted by atomic mass is 10.2. The Morgan fingerprint density at radius 3 is 2.84 bits per heavy atom. The largest absolute Gasteiger partial charge is 0.468 e. The van der Waals surface area contributed by atoms with Crippen LogP contribution < -0.4 is 11.1 Å². The molecule has 3 N–H and O–H groups in total. The second-order valence-corrected chi connectivity index (χ2v) is 4.72. The summed E-state index contributed by atoms with van der Waals surface area (Å²) in [5.41, 5.74) is 5.84. The molecule has 2 unspecified atom stereocenters. The minimum Gasteiger partial charge on any atom is -0.468 e. The summed E-state index contributed by atoms with van der Waals surface area (Å²) in [6.45, 7) is 3.12. The van der Waals surface area contributed by atoms with Gasteiger partial charge in [0, 0.05) is 13.2 Å². The molecule has 1 aromatic rings. The fraction of sp³-hybridized carbons (Fsp3) is 0.615. The zero-order valence-corrected chi connectivity index (χ0v) is 12.1. The van der Waals surface area contributed by atoms with Crippen LogP contribution >= 0.6 is 0 Å². The molecule has 0 fully saturated rings. The predicted molar refractivity (Wildman–Crippen MR) is 76.1 cm³/mol. The molecule has 6 nitrogen and oxygen atoms in total. The number of nitrogens with two attached hydrogens (primary N) is 1. The van der Waals surface area contributed by atoms with Gasteiger partial charge in [-0.2, -0.15) is 0 Å². The molecular weight excluding hydrogens is 244 g/mol. The first-order chi connectivity index (χ1) is 9.04. The summed E-state index contributed by atoms with van der Waals surface area (Å²) < 4.78 is 10.4. The van der Waals surface area contributed by atoms with E-state index in [1.807, 2.05) is 38.1 Å². The molecule has 0 saturated carbocycles. The number of hydrogen-bond acceptors (Lipinski definition) is 4. The van der Waals surface area contributed by atoms with Crippen molar-refractivity contribution in [3.63, 3.8) is 0 Å². The van der Waals surface area contributed by atoms with Crippen molar-refractivity contribution in [2.24, 2.45) is 10.7 Å². The van der Waals surface area contributed by atoms with Crippen molar-refractivity contribution in [1.82, 2.24) is 10.2 Å². The SMILES string of the molecule is COCC(C)NC(N)=NCC(c1ccco1)N(C)C. The molecule has 0 aromatic carbocycles. The van der Waals surface area contributed by atoms with E-state index in [0.29, 0.717) is 19.1 Å². The van der Waals surface area contributed by atoms with E-state index in [0.717, 1.165) is 5.76 Å². The molecule has 0 aliphatic heterocycles. The van der Waals surface area contributed by atoms with Crippen LogP contribution in [-0.4, -0.2) is 51.3 Å². The summed E-state index contributed by atoms with van der Waals surface area (Å²) in [4.78, 5) is 6.40. The van der Waals surface area contributed by atoms with Gasteiger partial charge in [0.2, 0.25) is 0 Å². The molecule has 19 heavy (non-hydrogen) atoms. The molecular formula is C13H24N4O2. The summed E-state index contributed by atoms with van der Waals surface area (Å²) in [6, 6.07) is 4.03. The average Bonchev–Trinajstić information content (AvgIpc) is 2.82. The fourth-order valence-electron chi connectivity index (χ4n) is 1.76. The maximum Gasteiger partial charge on any atom is 0.188 e. The van der Waals surface area contributed by atoms with Gasteiger partial charge in [-0.3, -0.25) is 9.89 Å². The molecule has 0 saturated heterocycles. The van der Waals surface area contributed by atoms with Gasteiger partial charge in [0.25, 0.3) is 0 Å². The van der Waals surface area contributed by atoms with Crippen LogP contribution in [0.5, 0.6) is 0 Å². The van der Waals surface area contributed by atoms with Crippen LogP contribution in [0.25, 0.3) is 0 Å². The first-order valence-electron chi connectivity index (χ1n) is 6.29. The van der Waals surface area contributed by atoms with Gasteiger partial charge in [0.1, 0.15) is 5.76 Å². The van der Waals surface area contributed by atoms with Crippen molar-refractivity contribution < 1.29 is 9.15 Å². The van der Waals surface area contributed by atoms with Gasteiger partial charge in [-0.05, 0) is 33.2 Å². The first-order valence-corrected chi connectivity index (χ1v) is 6.29. The zero-order valence-electron chi connectivity index (χ0n) is 12.1. The van der Waals surface area contributed by atoms with Crippen molar-refractivity contribution >= 4 is 5.96 Å². The quantitative estimate of drug-likeness (QED) is 0.565. The normalized spacial score (nSPS) is 15.5.